The van der Waals surface area contributed by atoms with E-state index in [1.807, 2.05) is 29.8 Å². The summed E-state index contributed by atoms with van der Waals surface area (Å²) < 4.78 is 1.97. The van der Waals surface area contributed by atoms with Crippen molar-refractivity contribution >= 4 is 5.69 Å². The number of aromatic nitrogens is 4. The summed E-state index contributed by atoms with van der Waals surface area (Å²) in [7, 11) is 0. The summed E-state index contributed by atoms with van der Waals surface area (Å²) in [5.41, 5.74) is 8.94. The number of nitrogens with zero attached hydrogens (tertiary/aromatic N) is 4. The summed E-state index contributed by atoms with van der Waals surface area (Å²) in [5.74, 6) is 0.792. The fourth-order valence-electron chi connectivity index (χ4n) is 3.05. The zero-order valence-electron chi connectivity index (χ0n) is 11.4. The number of aryl methyl sites for hydroxylation is 1. The largest absolute Gasteiger partial charge is 0.398 e. The number of benzene rings is 1. The van der Waals surface area contributed by atoms with Crippen LogP contribution in [0.5, 0.6) is 0 Å². The van der Waals surface area contributed by atoms with Crippen LogP contribution in [0.1, 0.15) is 38.2 Å². The number of nitrogen functional groups attached to an aromatic ring is 1. The van der Waals surface area contributed by atoms with E-state index in [-0.39, 0.29) is 5.54 Å². The van der Waals surface area contributed by atoms with Gasteiger partial charge < -0.3 is 5.73 Å². The monoisotopic (exact) mass is 257 g/mol. The molecular weight excluding hydrogens is 238 g/mol. The minimum Gasteiger partial charge on any atom is -0.398 e. The van der Waals surface area contributed by atoms with E-state index < -0.39 is 0 Å². The van der Waals surface area contributed by atoms with Gasteiger partial charge in [-0.05, 0) is 48.7 Å². The van der Waals surface area contributed by atoms with Crippen molar-refractivity contribution in [3.8, 4) is 11.4 Å². The lowest BCUT2D eigenvalue weighted by molar-refractivity contribution is 0.293. The van der Waals surface area contributed by atoms with Gasteiger partial charge in [0, 0.05) is 11.3 Å². The quantitative estimate of drug-likeness (QED) is 0.839. The molecule has 0 unspecified atom stereocenters. The molecular formula is C14H19N5. The van der Waals surface area contributed by atoms with Crippen LogP contribution in [0.15, 0.2) is 18.2 Å². The van der Waals surface area contributed by atoms with Crippen molar-refractivity contribution in [2.45, 2.75) is 45.1 Å². The van der Waals surface area contributed by atoms with Crippen molar-refractivity contribution in [3.63, 3.8) is 0 Å². The first-order chi connectivity index (χ1) is 9.12. The van der Waals surface area contributed by atoms with E-state index >= 15 is 0 Å². The molecule has 1 aliphatic rings. The van der Waals surface area contributed by atoms with Crippen LogP contribution in [0.25, 0.3) is 11.4 Å². The van der Waals surface area contributed by atoms with E-state index in [2.05, 4.69) is 22.4 Å². The third-order valence-corrected chi connectivity index (χ3v) is 4.19. The number of nitrogens with two attached hydrogens (primary N) is 1. The van der Waals surface area contributed by atoms with Gasteiger partial charge in [-0.3, -0.25) is 0 Å². The third kappa shape index (κ3) is 1.89. The van der Waals surface area contributed by atoms with Gasteiger partial charge in [0.1, 0.15) is 0 Å². The van der Waals surface area contributed by atoms with Gasteiger partial charge >= 0.3 is 0 Å². The van der Waals surface area contributed by atoms with Gasteiger partial charge in [0.15, 0.2) is 5.82 Å². The molecule has 0 bridgehead atoms. The van der Waals surface area contributed by atoms with E-state index in [1.54, 1.807) is 0 Å². The van der Waals surface area contributed by atoms with Gasteiger partial charge in [0.25, 0.3) is 0 Å². The highest BCUT2D eigenvalue weighted by Gasteiger charge is 2.34. The molecule has 0 atom stereocenters. The maximum Gasteiger partial charge on any atom is 0.184 e. The third-order valence-electron chi connectivity index (χ3n) is 4.19. The second-order valence-electron chi connectivity index (χ2n) is 5.66. The second kappa shape index (κ2) is 4.33. The van der Waals surface area contributed by atoms with Crippen LogP contribution in [0.3, 0.4) is 0 Å². The first kappa shape index (κ1) is 12.1. The maximum atomic E-state index is 6.11. The van der Waals surface area contributed by atoms with Gasteiger partial charge in [-0.25, -0.2) is 4.68 Å². The molecule has 1 aliphatic carbocycles. The first-order valence-electron chi connectivity index (χ1n) is 6.76. The summed E-state index contributed by atoms with van der Waals surface area (Å²) in [6, 6.07) is 5.90. The molecule has 1 heterocycles. The minimum absolute atomic E-state index is 0.0214. The lowest BCUT2D eigenvalue weighted by Crippen LogP contribution is -2.28. The van der Waals surface area contributed by atoms with Crippen LogP contribution in [0.2, 0.25) is 0 Å². The van der Waals surface area contributed by atoms with Gasteiger partial charge in [-0.1, -0.05) is 25.0 Å². The van der Waals surface area contributed by atoms with Crippen molar-refractivity contribution < 1.29 is 0 Å². The highest BCUT2D eigenvalue weighted by atomic mass is 15.6. The molecule has 0 spiro atoms. The summed E-state index contributed by atoms with van der Waals surface area (Å²) in [6.45, 7) is 4.27. The first-order valence-corrected chi connectivity index (χ1v) is 6.76. The Balaban J connectivity index is 2.15. The van der Waals surface area contributed by atoms with Crippen LogP contribution >= 0.6 is 0 Å². The van der Waals surface area contributed by atoms with Crippen molar-refractivity contribution in [3.05, 3.63) is 23.8 Å². The van der Waals surface area contributed by atoms with Crippen molar-refractivity contribution in [2.75, 3.05) is 5.73 Å². The zero-order chi connectivity index (χ0) is 13.5. The van der Waals surface area contributed by atoms with Gasteiger partial charge in [-0.15, -0.1) is 5.10 Å². The van der Waals surface area contributed by atoms with Crippen LogP contribution in [-0.4, -0.2) is 20.2 Å². The molecule has 19 heavy (non-hydrogen) atoms. The molecule has 3 rings (SSSR count). The van der Waals surface area contributed by atoms with Crippen molar-refractivity contribution in [1.82, 2.24) is 20.2 Å². The van der Waals surface area contributed by atoms with Crippen LogP contribution < -0.4 is 5.73 Å². The van der Waals surface area contributed by atoms with E-state index in [4.69, 9.17) is 5.73 Å². The molecule has 1 saturated carbocycles. The molecule has 1 aromatic carbocycles. The smallest absolute Gasteiger partial charge is 0.184 e. The Morgan fingerprint density at radius 1 is 1.26 bits per heavy atom. The number of anilines is 1. The van der Waals surface area contributed by atoms with Crippen LogP contribution in [0, 0.1) is 6.92 Å². The Morgan fingerprint density at radius 3 is 2.68 bits per heavy atom. The molecule has 5 nitrogen and oxygen atoms in total. The lowest BCUT2D eigenvalue weighted by atomic mass is 9.99. The predicted molar refractivity (Wildman–Crippen MR) is 74.5 cm³/mol. The highest BCUT2D eigenvalue weighted by molar-refractivity contribution is 5.74. The Kier molecular flexibility index (Phi) is 2.77. The zero-order valence-corrected chi connectivity index (χ0v) is 11.4. The Labute approximate surface area is 112 Å². The van der Waals surface area contributed by atoms with Crippen LogP contribution in [-0.2, 0) is 5.54 Å². The molecule has 0 saturated heterocycles. The molecule has 0 radical (unpaired) electrons. The summed E-state index contributed by atoms with van der Waals surface area (Å²) in [6.07, 6.45) is 4.71. The Morgan fingerprint density at radius 2 is 2.00 bits per heavy atom. The van der Waals surface area contributed by atoms with E-state index in [1.165, 1.54) is 12.8 Å². The number of hydrogen-bond acceptors (Lipinski definition) is 4. The van der Waals surface area contributed by atoms with Gasteiger partial charge in [0.05, 0.1) is 5.54 Å². The second-order valence-corrected chi connectivity index (χ2v) is 5.66. The van der Waals surface area contributed by atoms with Gasteiger partial charge in [0.2, 0.25) is 0 Å². The van der Waals surface area contributed by atoms with Crippen molar-refractivity contribution in [2.24, 2.45) is 0 Å². The Hall–Kier alpha value is -1.91. The predicted octanol–water partition coefficient (Wildman–Crippen LogP) is 2.52. The molecule has 100 valence electrons. The topological polar surface area (TPSA) is 69.6 Å². The standard InChI is InChI=1S/C14H19N5/c1-10-6-5-7-11(15)12(10)13-16-17-18-19(13)14(2)8-3-4-9-14/h5-7H,3-4,8-9,15H2,1-2H3. The number of hydrogen-bond donors (Lipinski definition) is 1. The summed E-state index contributed by atoms with van der Waals surface area (Å²) in [5, 5.41) is 12.3. The van der Waals surface area contributed by atoms with Gasteiger partial charge in [-0.2, -0.15) is 0 Å². The number of rotatable bonds is 2. The molecule has 2 aromatic rings. The fraction of sp³-hybridized carbons (Fsp3) is 0.500. The SMILES string of the molecule is Cc1cccc(N)c1-c1nnnn1C1(C)CCCC1. The van der Waals surface area contributed by atoms with E-state index in [0.717, 1.165) is 35.5 Å². The Bertz CT molecular complexity index is 575. The van der Waals surface area contributed by atoms with Crippen molar-refractivity contribution in [1.29, 1.82) is 0 Å². The maximum absolute atomic E-state index is 6.11. The fourth-order valence-corrected chi connectivity index (χ4v) is 3.05. The minimum atomic E-state index is 0.0214. The molecule has 0 aliphatic heterocycles. The van der Waals surface area contributed by atoms with Crippen LogP contribution in [0.4, 0.5) is 5.69 Å². The summed E-state index contributed by atoms with van der Waals surface area (Å²) >= 11 is 0. The molecule has 1 fully saturated rings. The average Bonchev–Trinajstić information content (AvgIpc) is 2.99. The van der Waals surface area contributed by atoms with E-state index in [0.29, 0.717) is 0 Å². The molecule has 2 N–H and O–H groups in total. The van der Waals surface area contributed by atoms with E-state index in [9.17, 15) is 0 Å². The molecule has 1 aromatic heterocycles. The summed E-state index contributed by atoms with van der Waals surface area (Å²) in [4.78, 5) is 0. The lowest BCUT2D eigenvalue weighted by Gasteiger charge is -2.25. The molecule has 0 amide bonds. The normalized spacial score (nSPS) is 17.8. The number of tetrazole rings is 1. The average molecular weight is 257 g/mol. The highest BCUT2D eigenvalue weighted by Crippen LogP contribution is 2.39. The molecule has 5 heteroatoms.